The van der Waals surface area contributed by atoms with E-state index >= 15 is 0 Å². The first-order chi connectivity index (χ1) is 7.44. The maximum Gasteiger partial charge on any atom is 0.411 e. The van der Waals surface area contributed by atoms with Gasteiger partial charge in [0.05, 0.1) is 6.61 Å². The summed E-state index contributed by atoms with van der Waals surface area (Å²) in [6.07, 6.45) is -0.889. The highest BCUT2D eigenvalue weighted by Gasteiger charge is 2.53. The fourth-order valence-electron chi connectivity index (χ4n) is 3.08. The van der Waals surface area contributed by atoms with Crippen LogP contribution in [0.4, 0.5) is 13.2 Å². The molecule has 0 bridgehead atoms. The van der Waals surface area contributed by atoms with Gasteiger partial charge < -0.3 is 10.1 Å². The summed E-state index contributed by atoms with van der Waals surface area (Å²) < 4.78 is 40.8. The summed E-state index contributed by atoms with van der Waals surface area (Å²) in [6, 6.07) is 0. The van der Waals surface area contributed by atoms with E-state index < -0.39 is 12.8 Å². The third kappa shape index (κ3) is 2.88. The first-order valence-corrected chi connectivity index (χ1v) is 5.73. The molecule has 2 atom stereocenters. The molecule has 0 spiro atoms. The Labute approximate surface area is 93.5 Å². The van der Waals surface area contributed by atoms with E-state index in [0.717, 1.165) is 31.2 Å². The van der Waals surface area contributed by atoms with Gasteiger partial charge in [-0.1, -0.05) is 0 Å². The minimum Gasteiger partial charge on any atom is -0.371 e. The zero-order chi connectivity index (χ0) is 11.8. The van der Waals surface area contributed by atoms with E-state index in [4.69, 9.17) is 4.74 Å². The number of alkyl halides is 3. The molecule has 0 amide bonds. The maximum atomic E-state index is 12.0. The molecule has 16 heavy (non-hydrogen) atoms. The number of fused-ring (bicyclic) bond motifs is 1. The summed E-state index contributed by atoms with van der Waals surface area (Å²) in [5, 5.41) is 3.08. The molecule has 2 rings (SSSR count). The number of rotatable bonds is 5. The van der Waals surface area contributed by atoms with E-state index in [1.54, 1.807) is 0 Å². The van der Waals surface area contributed by atoms with Crippen LogP contribution in [0.2, 0.25) is 0 Å². The number of halogens is 3. The summed E-state index contributed by atoms with van der Waals surface area (Å²) in [5.41, 5.74) is -0.0480. The minimum absolute atomic E-state index is 0.0480. The predicted octanol–water partition coefficient (Wildman–Crippen LogP) is 2.20. The van der Waals surface area contributed by atoms with Gasteiger partial charge in [0.25, 0.3) is 0 Å². The van der Waals surface area contributed by atoms with Crippen molar-refractivity contribution in [2.75, 3.05) is 26.8 Å². The van der Waals surface area contributed by atoms with Crippen LogP contribution in [0, 0.1) is 17.3 Å². The third-order valence-electron chi connectivity index (χ3n) is 3.69. The number of nitrogens with one attached hydrogen (secondary N) is 1. The van der Waals surface area contributed by atoms with Crippen molar-refractivity contribution in [2.45, 2.75) is 25.4 Å². The number of hydrogen-bond donors (Lipinski definition) is 1. The van der Waals surface area contributed by atoms with E-state index in [2.05, 4.69) is 5.32 Å². The molecule has 2 aliphatic carbocycles. The van der Waals surface area contributed by atoms with E-state index in [0.29, 0.717) is 0 Å². The Hall–Kier alpha value is -0.290. The molecule has 0 heterocycles. The Balaban J connectivity index is 1.79. The highest BCUT2D eigenvalue weighted by Crippen LogP contribution is 2.59. The SMILES string of the molecule is CNCC1(COCC(F)(F)F)CC2CC2C1. The first kappa shape index (κ1) is 12.2. The lowest BCUT2D eigenvalue weighted by atomic mass is 9.83. The molecule has 2 unspecified atom stereocenters. The predicted molar refractivity (Wildman–Crippen MR) is 54.1 cm³/mol. The molecule has 5 heteroatoms. The average Bonchev–Trinajstić information content (AvgIpc) is 2.73. The molecule has 1 N–H and O–H groups in total. The average molecular weight is 237 g/mol. The Morgan fingerprint density at radius 1 is 1.31 bits per heavy atom. The summed E-state index contributed by atoms with van der Waals surface area (Å²) >= 11 is 0. The minimum atomic E-state index is -4.21. The molecule has 2 saturated carbocycles. The van der Waals surface area contributed by atoms with Crippen LogP contribution in [0.3, 0.4) is 0 Å². The second kappa shape index (κ2) is 4.18. The molecule has 2 aliphatic rings. The molecular weight excluding hydrogens is 219 g/mol. The fraction of sp³-hybridized carbons (Fsp3) is 1.00. The lowest BCUT2D eigenvalue weighted by Crippen LogP contribution is -2.37. The van der Waals surface area contributed by atoms with Gasteiger partial charge in [0, 0.05) is 12.0 Å². The van der Waals surface area contributed by atoms with Crippen molar-refractivity contribution >= 4 is 0 Å². The van der Waals surface area contributed by atoms with Gasteiger partial charge in [0.15, 0.2) is 0 Å². The molecule has 2 nitrogen and oxygen atoms in total. The maximum absolute atomic E-state index is 12.0. The largest absolute Gasteiger partial charge is 0.411 e. The topological polar surface area (TPSA) is 21.3 Å². The number of ether oxygens (including phenoxy) is 1. The molecule has 0 aliphatic heterocycles. The summed E-state index contributed by atoms with van der Waals surface area (Å²) in [7, 11) is 1.84. The highest BCUT2D eigenvalue weighted by molar-refractivity contribution is 5.04. The van der Waals surface area contributed by atoms with Crippen LogP contribution in [-0.2, 0) is 4.74 Å². The van der Waals surface area contributed by atoms with Gasteiger partial charge in [-0.15, -0.1) is 0 Å². The Morgan fingerprint density at radius 3 is 2.44 bits per heavy atom. The van der Waals surface area contributed by atoms with Crippen molar-refractivity contribution in [1.29, 1.82) is 0 Å². The third-order valence-corrected chi connectivity index (χ3v) is 3.69. The van der Waals surface area contributed by atoms with Crippen LogP contribution >= 0.6 is 0 Å². The summed E-state index contributed by atoms with van der Waals surface area (Å²) in [4.78, 5) is 0. The summed E-state index contributed by atoms with van der Waals surface area (Å²) in [6.45, 7) is -0.119. The van der Waals surface area contributed by atoms with Gasteiger partial charge in [0.1, 0.15) is 6.61 Å². The molecule has 0 radical (unpaired) electrons. The van der Waals surface area contributed by atoms with Crippen molar-refractivity contribution < 1.29 is 17.9 Å². The Bertz CT molecular complexity index is 244. The lowest BCUT2D eigenvalue weighted by molar-refractivity contribution is -0.181. The second-order valence-electron chi connectivity index (χ2n) is 5.30. The van der Waals surface area contributed by atoms with Gasteiger partial charge in [0.2, 0.25) is 0 Å². The zero-order valence-electron chi connectivity index (χ0n) is 9.44. The van der Waals surface area contributed by atoms with Gasteiger partial charge >= 0.3 is 6.18 Å². The summed E-state index contributed by atoms with van der Waals surface area (Å²) in [5.74, 6) is 1.51. The van der Waals surface area contributed by atoms with Gasteiger partial charge in [-0.3, -0.25) is 0 Å². The Kier molecular flexibility index (Phi) is 3.18. The highest BCUT2D eigenvalue weighted by atomic mass is 19.4. The van der Waals surface area contributed by atoms with E-state index in [1.807, 2.05) is 7.05 Å². The van der Waals surface area contributed by atoms with Crippen molar-refractivity contribution in [1.82, 2.24) is 5.32 Å². The molecule has 0 aromatic heterocycles. The van der Waals surface area contributed by atoms with Crippen LogP contribution in [0.25, 0.3) is 0 Å². The molecule has 0 aromatic rings. The van der Waals surface area contributed by atoms with Crippen LogP contribution < -0.4 is 5.32 Å². The van der Waals surface area contributed by atoms with Gasteiger partial charge in [-0.05, 0) is 38.1 Å². The fourth-order valence-corrected chi connectivity index (χ4v) is 3.08. The smallest absolute Gasteiger partial charge is 0.371 e. The lowest BCUT2D eigenvalue weighted by Gasteiger charge is -2.30. The molecule has 94 valence electrons. The molecule has 2 fully saturated rings. The van der Waals surface area contributed by atoms with Crippen molar-refractivity contribution in [3.8, 4) is 0 Å². The second-order valence-corrected chi connectivity index (χ2v) is 5.30. The normalized spacial score (nSPS) is 37.5. The molecule has 0 aromatic carbocycles. The van der Waals surface area contributed by atoms with Crippen LogP contribution in [0.15, 0.2) is 0 Å². The van der Waals surface area contributed by atoms with E-state index in [-0.39, 0.29) is 12.0 Å². The number of hydrogen-bond acceptors (Lipinski definition) is 2. The van der Waals surface area contributed by atoms with Crippen molar-refractivity contribution in [2.24, 2.45) is 17.3 Å². The Morgan fingerprint density at radius 2 is 1.94 bits per heavy atom. The van der Waals surface area contributed by atoms with Crippen LogP contribution in [0.5, 0.6) is 0 Å². The van der Waals surface area contributed by atoms with E-state index in [1.165, 1.54) is 6.42 Å². The van der Waals surface area contributed by atoms with Gasteiger partial charge in [-0.25, -0.2) is 0 Å². The van der Waals surface area contributed by atoms with Crippen molar-refractivity contribution in [3.63, 3.8) is 0 Å². The molecule has 0 saturated heterocycles. The van der Waals surface area contributed by atoms with Crippen LogP contribution in [0.1, 0.15) is 19.3 Å². The van der Waals surface area contributed by atoms with E-state index in [9.17, 15) is 13.2 Å². The van der Waals surface area contributed by atoms with Gasteiger partial charge in [-0.2, -0.15) is 13.2 Å². The molecular formula is C11H18F3NO. The van der Waals surface area contributed by atoms with Crippen LogP contribution in [-0.4, -0.2) is 33.0 Å². The standard InChI is InChI=1S/C11H18F3NO/c1-15-5-10(3-8-2-9(8)4-10)6-16-7-11(12,13)14/h8-9,15H,2-7H2,1H3. The monoisotopic (exact) mass is 237 g/mol. The zero-order valence-corrected chi connectivity index (χ0v) is 9.44. The van der Waals surface area contributed by atoms with Crippen molar-refractivity contribution in [3.05, 3.63) is 0 Å². The first-order valence-electron chi connectivity index (χ1n) is 5.73. The quantitative estimate of drug-likeness (QED) is 0.791.